The van der Waals surface area contributed by atoms with Gasteiger partial charge in [-0.2, -0.15) is 0 Å². The minimum atomic E-state index is -0.0614. The van der Waals surface area contributed by atoms with Crippen molar-refractivity contribution in [1.29, 1.82) is 0 Å². The molecule has 0 atom stereocenters. The predicted molar refractivity (Wildman–Crippen MR) is 87.1 cm³/mol. The first-order valence-electron chi connectivity index (χ1n) is 8.02. The van der Waals surface area contributed by atoms with Crippen LogP contribution in [-0.4, -0.2) is 42.0 Å². The van der Waals surface area contributed by atoms with Crippen molar-refractivity contribution in [2.75, 3.05) is 26.2 Å². The van der Waals surface area contributed by atoms with Crippen molar-refractivity contribution >= 4 is 0 Å². The van der Waals surface area contributed by atoms with Crippen molar-refractivity contribution < 1.29 is 4.39 Å². The molecule has 0 aromatic heterocycles. The van der Waals surface area contributed by atoms with E-state index in [2.05, 4.69) is 50.5 Å². The van der Waals surface area contributed by atoms with Gasteiger partial charge in [-0.05, 0) is 30.9 Å². The van der Waals surface area contributed by atoms with Gasteiger partial charge in [0.15, 0.2) is 0 Å². The zero-order valence-corrected chi connectivity index (χ0v) is 14.1. The first-order valence-corrected chi connectivity index (χ1v) is 8.02. The molecule has 1 saturated heterocycles. The standard InChI is InChI=1S/C18H29FN2/c1-14(2)21-10-8-20(9-11-21)13-15-6-7-16(12-17(15)19)18(3,4)5/h6-7,12,14H,8-11,13H2,1-5H3. The molecule has 1 aliphatic heterocycles. The largest absolute Gasteiger partial charge is 0.298 e. The number of rotatable bonds is 3. The van der Waals surface area contributed by atoms with E-state index in [1.54, 1.807) is 6.07 Å². The third kappa shape index (κ3) is 4.27. The highest BCUT2D eigenvalue weighted by Crippen LogP contribution is 2.24. The molecule has 118 valence electrons. The molecule has 0 amide bonds. The summed E-state index contributed by atoms with van der Waals surface area (Å²) in [6.45, 7) is 15.8. The lowest BCUT2D eigenvalue weighted by molar-refractivity contribution is 0.103. The second-order valence-electron chi connectivity index (χ2n) is 7.46. The zero-order valence-electron chi connectivity index (χ0n) is 14.1. The highest BCUT2D eigenvalue weighted by molar-refractivity contribution is 5.29. The Morgan fingerprint density at radius 3 is 2.19 bits per heavy atom. The van der Waals surface area contributed by atoms with Gasteiger partial charge in [0.2, 0.25) is 0 Å². The summed E-state index contributed by atoms with van der Waals surface area (Å²) in [6, 6.07) is 6.35. The van der Waals surface area contributed by atoms with E-state index in [4.69, 9.17) is 0 Å². The molecule has 2 rings (SSSR count). The molecule has 0 bridgehead atoms. The molecule has 0 radical (unpaired) electrons. The molecule has 1 fully saturated rings. The summed E-state index contributed by atoms with van der Waals surface area (Å²) in [6.07, 6.45) is 0. The van der Waals surface area contributed by atoms with Gasteiger partial charge in [0, 0.05) is 44.3 Å². The number of benzene rings is 1. The molecule has 0 spiro atoms. The third-order valence-corrected chi connectivity index (χ3v) is 4.45. The summed E-state index contributed by atoms with van der Waals surface area (Å²) in [5, 5.41) is 0. The van der Waals surface area contributed by atoms with E-state index in [1.165, 1.54) is 0 Å². The van der Waals surface area contributed by atoms with E-state index in [0.717, 1.165) is 43.9 Å². The average Bonchev–Trinajstić information content (AvgIpc) is 2.40. The first-order chi connectivity index (χ1) is 9.77. The van der Waals surface area contributed by atoms with E-state index in [1.807, 2.05) is 6.07 Å². The van der Waals surface area contributed by atoms with Crippen LogP contribution < -0.4 is 0 Å². The summed E-state index contributed by atoms with van der Waals surface area (Å²) in [5.41, 5.74) is 1.89. The second-order valence-corrected chi connectivity index (χ2v) is 7.46. The number of hydrogen-bond acceptors (Lipinski definition) is 2. The Balaban J connectivity index is 1.98. The smallest absolute Gasteiger partial charge is 0.127 e. The van der Waals surface area contributed by atoms with Crippen molar-refractivity contribution in [3.8, 4) is 0 Å². The molecular weight excluding hydrogens is 263 g/mol. The van der Waals surface area contributed by atoms with Crippen LogP contribution in [0.2, 0.25) is 0 Å². The van der Waals surface area contributed by atoms with Gasteiger partial charge in [-0.3, -0.25) is 9.80 Å². The van der Waals surface area contributed by atoms with Crippen LogP contribution in [0.4, 0.5) is 4.39 Å². The highest BCUT2D eigenvalue weighted by Gasteiger charge is 2.20. The minimum Gasteiger partial charge on any atom is -0.298 e. The lowest BCUT2D eigenvalue weighted by Gasteiger charge is -2.37. The van der Waals surface area contributed by atoms with Crippen molar-refractivity contribution in [1.82, 2.24) is 9.80 Å². The Kier molecular flexibility index (Phi) is 5.05. The maximum absolute atomic E-state index is 14.3. The Labute approximate surface area is 128 Å². The van der Waals surface area contributed by atoms with Crippen molar-refractivity contribution in [3.05, 3.63) is 35.1 Å². The number of piperazine rings is 1. The molecule has 1 heterocycles. The summed E-state index contributed by atoms with van der Waals surface area (Å²) >= 11 is 0. The van der Waals surface area contributed by atoms with Gasteiger partial charge >= 0.3 is 0 Å². The van der Waals surface area contributed by atoms with Crippen LogP contribution in [0.3, 0.4) is 0 Å². The molecule has 21 heavy (non-hydrogen) atoms. The van der Waals surface area contributed by atoms with E-state index in [-0.39, 0.29) is 11.2 Å². The van der Waals surface area contributed by atoms with Crippen LogP contribution in [0, 0.1) is 5.82 Å². The van der Waals surface area contributed by atoms with Crippen LogP contribution in [0.5, 0.6) is 0 Å². The monoisotopic (exact) mass is 292 g/mol. The van der Waals surface area contributed by atoms with Gasteiger partial charge < -0.3 is 0 Å². The summed E-state index contributed by atoms with van der Waals surface area (Å²) in [7, 11) is 0. The summed E-state index contributed by atoms with van der Waals surface area (Å²) in [4.78, 5) is 4.84. The molecule has 0 aliphatic carbocycles. The Hall–Kier alpha value is -0.930. The van der Waals surface area contributed by atoms with Crippen molar-refractivity contribution in [2.45, 2.75) is 52.6 Å². The van der Waals surface area contributed by atoms with Crippen molar-refractivity contribution in [2.24, 2.45) is 0 Å². The predicted octanol–water partition coefficient (Wildman–Crippen LogP) is 3.65. The lowest BCUT2D eigenvalue weighted by atomic mass is 9.86. The number of hydrogen-bond donors (Lipinski definition) is 0. The topological polar surface area (TPSA) is 6.48 Å². The fourth-order valence-corrected chi connectivity index (χ4v) is 2.82. The van der Waals surface area contributed by atoms with Gasteiger partial charge in [0.25, 0.3) is 0 Å². The van der Waals surface area contributed by atoms with Gasteiger partial charge in [-0.15, -0.1) is 0 Å². The molecule has 2 nitrogen and oxygen atoms in total. The van der Waals surface area contributed by atoms with Crippen LogP contribution in [0.1, 0.15) is 45.7 Å². The fourth-order valence-electron chi connectivity index (χ4n) is 2.82. The van der Waals surface area contributed by atoms with Crippen LogP contribution >= 0.6 is 0 Å². The van der Waals surface area contributed by atoms with Crippen LogP contribution in [0.15, 0.2) is 18.2 Å². The molecular formula is C18H29FN2. The van der Waals surface area contributed by atoms with E-state index < -0.39 is 0 Å². The molecule has 1 aromatic rings. The molecule has 3 heteroatoms. The normalized spacial score (nSPS) is 18.4. The van der Waals surface area contributed by atoms with Gasteiger partial charge in [-0.1, -0.05) is 32.9 Å². The fraction of sp³-hybridized carbons (Fsp3) is 0.667. The maximum atomic E-state index is 14.3. The lowest BCUT2D eigenvalue weighted by Crippen LogP contribution is -2.48. The SMILES string of the molecule is CC(C)N1CCN(Cc2ccc(C(C)(C)C)cc2F)CC1. The Bertz CT molecular complexity index is 469. The average molecular weight is 292 g/mol. The summed E-state index contributed by atoms with van der Waals surface area (Å²) in [5.74, 6) is -0.0614. The maximum Gasteiger partial charge on any atom is 0.127 e. The number of nitrogens with zero attached hydrogens (tertiary/aromatic N) is 2. The molecule has 1 aromatic carbocycles. The van der Waals surface area contributed by atoms with Gasteiger partial charge in [-0.25, -0.2) is 4.39 Å². The van der Waals surface area contributed by atoms with Crippen LogP contribution in [-0.2, 0) is 12.0 Å². The molecule has 0 unspecified atom stereocenters. The number of halogens is 1. The van der Waals surface area contributed by atoms with E-state index in [9.17, 15) is 4.39 Å². The zero-order chi connectivity index (χ0) is 15.6. The Morgan fingerprint density at radius 1 is 1.10 bits per heavy atom. The minimum absolute atomic E-state index is 0.00224. The second kappa shape index (κ2) is 6.45. The molecule has 0 saturated carbocycles. The highest BCUT2D eigenvalue weighted by atomic mass is 19.1. The van der Waals surface area contributed by atoms with Gasteiger partial charge in [0.05, 0.1) is 0 Å². The third-order valence-electron chi connectivity index (χ3n) is 4.45. The summed E-state index contributed by atoms with van der Waals surface area (Å²) < 4.78 is 14.3. The molecule has 1 aliphatic rings. The first kappa shape index (κ1) is 16.4. The van der Waals surface area contributed by atoms with Crippen molar-refractivity contribution in [3.63, 3.8) is 0 Å². The quantitative estimate of drug-likeness (QED) is 0.839. The Morgan fingerprint density at radius 2 is 1.71 bits per heavy atom. The van der Waals surface area contributed by atoms with Crippen LogP contribution in [0.25, 0.3) is 0 Å². The van der Waals surface area contributed by atoms with E-state index >= 15 is 0 Å². The molecule has 0 N–H and O–H groups in total. The van der Waals surface area contributed by atoms with Gasteiger partial charge in [0.1, 0.15) is 5.82 Å². The van der Waals surface area contributed by atoms with E-state index in [0.29, 0.717) is 6.04 Å².